The van der Waals surface area contributed by atoms with E-state index in [9.17, 15) is 0 Å². The van der Waals surface area contributed by atoms with Gasteiger partial charge in [-0.3, -0.25) is 0 Å². The summed E-state index contributed by atoms with van der Waals surface area (Å²) in [6.45, 7) is 5.20. The number of nitrogens with zero attached hydrogens (tertiary/aromatic N) is 3. The minimum Gasteiger partial charge on any atom is -0.350 e. The maximum atomic E-state index is 4.38. The van der Waals surface area contributed by atoms with Crippen molar-refractivity contribution in [1.29, 1.82) is 0 Å². The largest absolute Gasteiger partial charge is 0.350 e. The van der Waals surface area contributed by atoms with E-state index in [2.05, 4.69) is 61.5 Å². The van der Waals surface area contributed by atoms with Crippen LogP contribution in [0.25, 0.3) is 10.6 Å². The van der Waals surface area contributed by atoms with Crippen LogP contribution < -0.4 is 10.2 Å². The number of aromatic nitrogens is 2. The van der Waals surface area contributed by atoms with E-state index in [1.54, 1.807) is 11.3 Å². The van der Waals surface area contributed by atoms with Gasteiger partial charge in [-0.15, -0.1) is 21.5 Å². The standard InChI is InChI=1S/C13H15BrN4S/c1-9-8-15-6-7-18(9)13-5-2-10(16-17-13)11-3-4-12(14)19-11/h2-5,9,15H,6-8H2,1H3. The molecule has 3 heterocycles. The average molecular weight is 339 g/mol. The molecule has 1 unspecified atom stereocenters. The molecule has 19 heavy (non-hydrogen) atoms. The van der Waals surface area contributed by atoms with Crippen LogP contribution in [-0.2, 0) is 0 Å². The SMILES string of the molecule is CC1CNCCN1c1ccc(-c2ccc(Br)s2)nn1. The van der Waals surface area contributed by atoms with E-state index in [0.29, 0.717) is 6.04 Å². The second kappa shape index (κ2) is 5.56. The third-order valence-corrected chi connectivity index (χ3v) is 4.92. The van der Waals surface area contributed by atoms with Gasteiger partial charge in [-0.25, -0.2) is 0 Å². The minimum atomic E-state index is 0.463. The highest BCUT2D eigenvalue weighted by Crippen LogP contribution is 2.30. The van der Waals surface area contributed by atoms with Crippen LogP contribution in [0.5, 0.6) is 0 Å². The molecule has 1 N–H and O–H groups in total. The summed E-state index contributed by atoms with van der Waals surface area (Å²) < 4.78 is 1.11. The van der Waals surface area contributed by atoms with E-state index in [1.807, 2.05) is 6.07 Å². The predicted molar refractivity (Wildman–Crippen MR) is 82.7 cm³/mol. The van der Waals surface area contributed by atoms with Gasteiger partial charge >= 0.3 is 0 Å². The fraction of sp³-hybridized carbons (Fsp3) is 0.385. The van der Waals surface area contributed by atoms with Crippen LogP contribution in [0.3, 0.4) is 0 Å². The van der Waals surface area contributed by atoms with E-state index < -0.39 is 0 Å². The molecule has 6 heteroatoms. The molecule has 1 fully saturated rings. The zero-order valence-electron chi connectivity index (χ0n) is 10.6. The van der Waals surface area contributed by atoms with Gasteiger partial charge in [0, 0.05) is 25.7 Å². The molecule has 2 aromatic heterocycles. The van der Waals surface area contributed by atoms with Crippen molar-refractivity contribution in [1.82, 2.24) is 15.5 Å². The Hall–Kier alpha value is -0.980. The molecule has 2 aromatic rings. The first-order valence-corrected chi connectivity index (χ1v) is 7.92. The number of rotatable bonds is 2. The number of anilines is 1. The monoisotopic (exact) mass is 338 g/mol. The van der Waals surface area contributed by atoms with Crippen LogP contribution in [0.4, 0.5) is 5.82 Å². The summed E-state index contributed by atoms with van der Waals surface area (Å²) in [7, 11) is 0. The predicted octanol–water partition coefficient (Wildman–Crippen LogP) is 2.77. The minimum absolute atomic E-state index is 0.463. The van der Waals surface area contributed by atoms with Crippen molar-refractivity contribution >= 4 is 33.1 Å². The normalized spacial score (nSPS) is 19.7. The molecule has 0 radical (unpaired) electrons. The third-order valence-electron chi connectivity index (χ3n) is 3.27. The molecule has 0 aromatic carbocycles. The first-order chi connectivity index (χ1) is 9.24. The fourth-order valence-corrected chi connectivity index (χ4v) is 3.59. The summed E-state index contributed by atoms with van der Waals surface area (Å²) in [6, 6.07) is 8.68. The Morgan fingerprint density at radius 2 is 2.21 bits per heavy atom. The van der Waals surface area contributed by atoms with E-state index in [0.717, 1.165) is 39.8 Å². The van der Waals surface area contributed by atoms with Crippen LogP contribution in [0, 0.1) is 0 Å². The first-order valence-electron chi connectivity index (χ1n) is 6.31. The Morgan fingerprint density at radius 1 is 1.32 bits per heavy atom. The van der Waals surface area contributed by atoms with Gasteiger partial charge in [-0.05, 0) is 47.1 Å². The number of hydrogen-bond donors (Lipinski definition) is 1. The number of thiophene rings is 1. The Balaban J connectivity index is 1.82. The average Bonchev–Trinajstić information content (AvgIpc) is 2.86. The van der Waals surface area contributed by atoms with E-state index in [1.165, 1.54) is 0 Å². The lowest BCUT2D eigenvalue weighted by Crippen LogP contribution is -2.50. The molecule has 1 saturated heterocycles. The van der Waals surface area contributed by atoms with Crippen molar-refractivity contribution in [2.75, 3.05) is 24.5 Å². The van der Waals surface area contributed by atoms with Crippen molar-refractivity contribution in [2.45, 2.75) is 13.0 Å². The van der Waals surface area contributed by atoms with E-state index >= 15 is 0 Å². The lowest BCUT2D eigenvalue weighted by atomic mass is 10.2. The maximum absolute atomic E-state index is 4.38. The molecule has 4 nitrogen and oxygen atoms in total. The number of nitrogens with one attached hydrogen (secondary N) is 1. The van der Waals surface area contributed by atoms with Gasteiger partial charge in [-0.2, -0.15) is 0 Å². The van der Waals surface area contributed by atoms with Crippen LogP contribution in [0.2, 0.25) is 0 Å². The van der Waals surface area contributed by atoms with Crippen LogP contribution in [-0.4, -0.2) is 35.9 Å². The third kappa shape index (κ3) is 2.80. The Bertz CT molecular complexity index is 554. The van der Waals surface area contributed by atoms with Crippen molar-refractivity contribution in [3.05, 3.63) is 28.1 Å². The highest BCUT2D eigenvalue weighted by molar-refractivity contribution is 9.11. The number of hydrogen-bond acceptors (Lipinski definition) is 5. The molecular formula is C13H15BrN4S. The topological polar surface area (TPSA) is 41.0 Å². The fourth-order valence-electron chi connectivity index (χ4n) is 2.24. The summed E-state index contributed by atoms with van der Waals surface area (Å²) in [5, 5.41) is 12.1. The van der Waals surface area contributed by atoms with Crippen molar-refractivity contribution in [3.8, 4) is 10.6 Å². The Labute approximate surface area is 125 Å². The second-order valence-corrected chi connectivity index (χ2v) is 7.09. The molecule has 100 valence electrons. The van der Waals surface area contributed by atoms with Crippen LogP contribution >= 0.6 is 27.3 Å². The molecule has 1 aliphatic rings. The van der Waals surface area contributed by atoms with Crippen molar-refractivity contribution in [3.63, 3.8) is 0 Å². The molecular weight excluding hydrogens is 324 g/mol. The molecule has 3 rings (SSSR count). The Kier molecular flexibility index (Phi) is 3.81. The lowest BCUT2D eigenvalue weighted by Gasteiger charge is -2.34. The van der Waals surface area contributed by atoms with Gasteiger partial charge < -0.3 is 10.2 Å². The van der Waals surface area contributed by atoms with Gasteiger partial charge in [0.2, 0.25) is 0 Å². The molecule has 0 aliphatic carbocycles. The summed E-state index contributed by atoms with van der Waals surface area (Å²) in [6.07, 6.45) is 0. The molecule has 0 spiro atoms. The molecule has 1 aliphatic heterocycles. The molecule has 0 bridgehead atoms. The van der Waals surface area contributed by atoms with Crippen LogP contribution in [0.15, 0.2) is 28.1 Å². The van der Waals surface area contributed by atoms with Gasteiger partial charge in [0.15, 0.2) is 5.82 Å². The summed E-state index contributed by atoms with van der Waals surface area (Å²) in [5.41, 5.74) is 0.933. The van der Waals surface area contributed by atoms with E-state index in [4.69, 9.17) is 0 Å². The number of piperazine rings is 1. The van der Waals surface area contributed by atoms with Crippen molar-refractivity contribution < 1.29 is 0 Å². The number of halogens is 1. The molecule has 0 saturated carbocycles. The second-order valence-electron chi connectivity index (χ2n) is 4.63. The zero-order valence-corrected chi connectivity index (χ0v) is 13.0. The maximum Gasteiger partial charge on any atom is 0.151 e. The van der Waals surface area contributed by atoms with Gasteiger partial charge in [0.25, 0.3) is 0 Å². The first kappa shape index (κ1) is 13.0. The summed E-state index contributed by atoms with van der Waals surface area (Å²) in [4.78, 5) is 3.44. The summed E-state index contributed by atoms with van der Waals surface area (Å²) >= 11 is 5.14. The molecule has 0 amide bonds. The quantitative estimate of drug-likeness (QED) is 0.914. The van der Waals surface area contributed by atoms with E-state index in [-0.39, 0.29) is 0 Å². The lowest BCUT2D eigenvalue weighted by molar-refractivity contribution is 0.495. The van der Waals surface area contributed by atoms with Gasteiger partial charge in [0.1, 0.15) is 5.69 Å². The Morgan fingerprint density at radius 3 is 2.84 bits per heavy atom. The van der Waals surface area contributed by atoms with Gasteiger partial charge in [-0.1, -0.05) is 0 Å². The smallest absolute Gasteiger partial charge is 0.151 e. The highest BCUT2D eigenvalue weighted by Gasteiger charge is 2.19. The molecule has 1 atom stereocenters. The van der Waals surface area contributed by atoms with Gasteiger partial charge in [0.05, 0.1) is 8.66 Å². The zero-order chi connectivity index (χ0) is 13.2. The highest BCUT2D eigenvalue weighted by atomic mass is 79.9. The van der Waals surface area contributed by atoms with Crippen LogP contribution in [0.1, 0.15) is 6.92 Å². The van der Waals surface area contributed by atoms with Crippen molar-refractivity contribution in [2.24, 2.45) is 0 Å². The summed E-state index contributed by atoms with van der Waals surface area (Å²) in [5.74, 6) is 0.966.